The van der Waals surface area contributed by atoms with Crippen molar-refractivity contribution >= 4 is 41.3 Å². The van der Waals surface area contributed by atoms with Gasteiger partial charge in [-0.2, -0.15) is 0 Å². The van der Waals surface area contributed by atoms with Crippen molar-refractivity contribution < 1.29 is 19.1 Å². The standard InChI is InChI=1S/C30H36N4O5S/c1-30(2,3)39-27(36)12-10-23-28(33-14-5-8-22(17-33)38-19-35)32-25-16-20(13-15-34(25)29(23)37)9-11-26-31-24(18-40-26)21-6-4-7-21/h10,12-13,15-16,18-19,21-22H,4-9,11,14,17H2,1-3H3. The molecule has 1 unspecified atom stereocenters. The molecule has 10 heteroatoms. The maximum atomic E-state index is 13.7. The SMILES string of the molecule is CC(C)(C)OC(=O)C=Cc1c(N2CCCC(OC=O)C2)nc2cc(CCc3nc(C4CCC4)cs3)ccn2c1=O. The lowest BCUT2D eigenvalue weighted by Gasteiger charge is -2.33. The summed E-state index contributed by atoms with van der Waals surface area (Å²) in [5, 5.41) is 3.32. The molecule has 0 radical (unpaired) electrons. The Hall–Kier alpha value is -3.53. The van der Waals surface area contributed by atoms with Crippen molar-refractivity contribution in [2.45, 2.75) is 83.3 Å². The minimum absolute atomic E-state index is 0.283. The van der Waals surface area contributed by atoms with Crippen molar-refractivity contribution in [3.05, 3.63) is 62.0 Å². The van der Waals surface area contributed by atoms with Gasteiger partial charge in [-0.25, -0.2) is 14.8 Å². The van der Waals surface area contributed by atoms with Crippen LogP contribution in [0, 0.1) is 0 Å². The molecule has 0 aromatic carbocycles. The van der Waals surface area contributed by atoms with Crippen LogP contribution in [0.5, 0.6) is 0 Å². The van der Waals surface area contributed by atoms with Crippen LogP contribution in [0.15, 0.2) is 34.6 Å². The van der Waals surface area contributed by atoms with E-state index in [1.165, 1.54) is 41.5 Å². The number of carbonyl (C=O) groups excluding carboxylic acids is 2. The largest absolute Gasteiger partial charge is 0.463 e. The number of nitrogens with zero attached hydrogens (tertiary/aromatic N) is 4. The molecule has 0 amide bonds. The van der Waals surface area contributed by atoms with Gasteiger partial charge in [0.15, 0.2) is 0 Å². The topological polar surface area (TPSA) is 103 Å². The number of fused-ring (bicyclic) bond motifs is 1. The molecule has 1 aliphatic carbocycles. The second-order valence-electron chi connectivity index (χ2n) is 11.5. The molecular formula is C30H36N4O5S. The van der Waals surface area contributed by atoms with Gasteiger partial charge >= 0.3 is 5.97 Å². The average Bonchev–Trinajstić information content (AvgIpc) is 3.33. The van der Waals surface area contributed by atoms with E-state index in [0.29, 0.717) is 36.9 Å². The molecule has 1 saturated carbocycles. The normalized spacial score (nSPS) is 18.2. The van der Waals surface area contributed by atoms with Gasteiger partial charge in [-0.1, -0.05) is 6.42 Å². The number of aromatic nitrogens is 3. The lowest BCUT2D eigenvalue weighted by Crippen LogP contribution is -2.41. The molecule has 0 spiro atoms. The zero-order chi connectivity index (χ0) is 28.3. The molecule has 1 atom stereocenters. The predicted molar refractivity (Wildman–Crippen MR) is 155 cm³/mol. The summed E-state index contributed by atoms with van der Waals surface area (Å²) in [5.41, 5.74) is 2.17. The van der Waals surface area contributed by atoms with Gasteiger partial charge in [0, 0.05) is 36.5 Å². The van der Waals surface area contributed by atoms with Gasteiger partial charge in [-0.05, 0) is 76.6 Å². The number of rotatable bonds is 9. The summed E-state index contributed by atoms with van der Waals surface area (Å²) in [7, 11) is 0. The average molecular weight is 565 g/mol. The highest BCUT2D eigenvalue weighted by Gasteiger charge is 2.26. The molecule has 9 nitrogen and oxygen atoms in total. The monoisotopic (exact) mass is 564 g/mol. The highest BCUT2D eigenvalue weighted by atomic mass is 32.1. The molecule has 40 heavy (non-hydrogen) atoms. The third-order valence-electron chi connectivity index (χ3n) is 7.35. The molecule has 0 N–H and O–H groups in total. The van der Waals surface area contributed by atoms with Crippen LogP contribution in [0.25, 0.3) is 11.7 Å². The van der Waals surface area contributed by atoms with E-state index < -0.39 is 11.6 Å². The summed E-state index contributed by atoms with van der Waals surface area (Å²) < 4.78 is 12.1. The maximum absolute atomic E-state index is 13.7. The minimum atomic E-state index is -0.652. The number of anilines is 1. The van der Waals surface area contributed by atoms with Crippen LogP contribution in [-0.2, 0) is 31.9 Å². The van der Waals surface area contributed by atoms with Gasteiger partial charge < -0.3 is 14.4 Å². The van der Waals surface area contributed by atoms with Crippen LogP contribution >= 0.6 is 11.3 Å². The summed E-state index contributed by atoms with van der Waals surface area (Å²) in [5.74, 6) is 0.554. The van der Waals surface area contributed by atoms with Crippen LogP contribution in [0.2, 0.25) is 0 Å². The van der Waals surface area contributed by atoms with E-state index in [2.05, 4.69) is 5.38 Å². The first-order chi connectivity index (χ1) is 19.2. The fourth-order valence-electron chi connectivity index (χ4n) is 5.11. The van der Waals surface area contributed by atoms with Gasteiger partial charge in [-0.3, -0.25) is 14.0 Å². The summed E-state index contributed by atoms with van der Waals surface area (Å²) in [6, 6.07) is 3.88. The van der Waals surface area contributed by atoms with Gasteiger partial charge in [0.2, 0.25) is 0 Å². The van der Waals surface area contributed by atoms with E-state index in [1.54, 1.807) is 38.3 Å². The van der Waals surface area contributed by atoms with Crippen LogP contribution < -0.4 is 10.5 Å². The zero-order valence-corrected chi connectivity index (χ0v) is 24.1. The van der Waals surface area contributed by atoms with Crippen molar-refractivity contribution in [1.82, 2.24) is 14.4 Å². The molecule has 3 aromatic heterocycles. The Morgan fingerprint density at radius 3 is 2.73 bits per heavy atom. The summed E-state index contributed by atoms with van der Waals surface area (Å²) in [4.78, 5) is 48.8. The van der Waals surface area contributed by atoms with E-state index in [-0.39, 0.29) is 17.2 Å². The van der Waals surface area contributed by atoms with E-state index in [4.69, 9.17) is 19.4 Å². The molecule has 5 rings (SSSR count). The number of aryl methyl sites for hydroxylation is 2. The van der Waals surface area contributed by atoms with Gasteiger partial charge in [0.1, 0.15) is 23.2 Å². The Bertz CT molecular complexity index is 1470. The number of thiazole rings is 1. The second-order valence-corrected chi connectivity index (χ2v) is 12.5. The van der Waals surface area contributed by atoms with E-state index in [1.807, 2.05) is 17.0 Å². The van der Waals surface area contributed by atoms with Gasteiger partial charge in [0.25, 0.3) is 12.0 Å². The quantitative estimate of drug-likeness (QED) is 0.209. The fourth-order valence-corrected chi connectivity index (χ4v) is 5.99. The Kier molecular flexibility index (Phi) is 8.35. The number of esters is 1. The van der Waals surface area contributed by atoms with Crippen LogP contribution in [-0.4, -0.2) is 51.6 Å². The lowest BCUT2D eigenvalue weighted by molar-refractivity contribution is -0.148. The third kappa shape index (κ3) is 6.60. The van der Waals surface area contributed by atoms with E-state index in [0.717, 1.165) is 36.3 Å². The third-order valence-corrected chi connectivity index (χ3v) is 8.28. The van der Waals surface area contributed by atoms with Crippen molar-refractivity contribution in [3.63, 3.8) is 0 Å². The molecule has 4 heterocycles. The van der Waals surface area contributed by atoms with Crippen LogP contribution in [0.1, 0.15) is 80.6 Å². The first-order valence-electron chi connectivity index (χ1n) is 13.9. The van der Waals surface area contributed by atoms with Crippen molar-refractivity contribution in [3.8, 4) is 0 Å². The van der Waals surface area contributed by atoms with Gasteiger partial charge in [-0.15, -0.1) is 11.3 Å². The molecule has 3 aromatic rings. The lowest BCUT2D eigenvalue weighted by atomic mass is 9.83. The van der Waals surface area contributed by atoms with E-state index in [9.17, 15) is 14.4 Å². The van der Waals surface area contributed by atoms with Crippen molar-refractivity contribution in [2.75, 3.05) is 18.0 Å². The number of hydrogen-bond donors (Lipinski definition) is 0. The summed E-state index contributed by atoms with van der Waals surface area (Å²) in [6.07, 6.45) is 11.1. The molecule has 0 bridgehead atoms. The molecular weight excluding hydrogens is 528 g/mol. The summed E-state index contributed by atoms with van der Waals surface area (Å²) >= 11 is 1.72. The molecule has 2 aliphatic rings. The molecule has 1 saturated heterocycles. The summed E-state index contributed by atoms with van der Waals surface area (Å²) in [6.45, 7) is 6.90. The predicted octanol–water partition coefficient (Wildman–Crippen LogP) is 4.70. The zero-order valence-electron chi connectivity index (χ0n) is 23.3. The smallest absolute Gasteiger partial charge is 0.331 e. The number of carbonyl (C=O) groups is 2. The Morgan fingerprint density at radius 2 is 2.00 bits per heavy atom. The molecule has 1 aliphatic heterocycles. The second kappa shape index (κ2) is 11.9. The molecule has 212 valence electrons. The highest BCUT2D eigenvalue weighted by Crippen LogP contribution is 2.36. The van der Waals surface area contributed by atoms with Gasteiger partial charge in [0.05, 0.1) is 22.8 Å². The Morgan fingerprint density at radius 1 is 1.18 bits per heavy atom. The van der Waals surface area contributed by atoms with E-state index >= 15 is 0 Å². The van der Waals surface area contributed by atoms with Crippen LogP contribution in [0.3, 0.4) is 0 Å². The van der Waals surface area contributed by atoms with Crippen molar-refractivity contribution in [1.29, 1.82) is 0 Å². The number of piperidine rings is 1. The Balaban J connectivity index is 1.44. The number of hydrogen-bond acceptors (Lipinski definition) is 9. The number of ether oxygens (including phenoxy) is 2. The fraction of sp³-hybridized carbons (Fsp3) is 0.500. The Labute approximate surface area is 237 Å². The maximum Gasteiger partial charge on any atom is 0.331 e. The van der Waals surface area contributed by atoms with Crippen LogP contribution in [0.4, 0.5) is 5.82 Å². The van der Waals surface area contributed by atoms with Crippen molar-refractivity contribution in [2.24, 2.45) is 0 Å². The first-order valence-corrected chi connectivity index (χ1v) is 14.8. The molecule has 2 fully saturated rings. The first kappa shape index (κ1) is 28.0. The minimum Gasteiger partial charge on any atom is -0.463 e. The number of pyridine rings is 1. The highest BCUT2D eigenvalue weighted by molar-refractivity contribution is 7.09.